The second-order valence-corrected chi connectivity index (χ2v) is 7.02. The summed E-state index contributed by atoms with van der Waals surface area (Å²) in [5, 5.41) is 4.42. The highest BCUT2D eigenvalue weighted by molar-refractivity contribution is 9.10. The Hall–Kier alpha value is -2.14. The molecule has 1 saturated heterocycles. The number of hydrogen-bond donors (Lipinski definition) is 1. The number of hydrogen-bond acceptors (Lipinski definition) is 4. The number of fused-ring (bicyclic) bond motifs is 1. The van der Waals surface area contributed by atoms with Gasteiger partial charge in [0.25, 0.3) is 0 Å². The first-order valence-electron chi connectivity index (χ1n) is 8.32. The van der Waals surface area contributed by atoms with E-state index in [0.29, 0.717) is 0 Å². The standard InChI is InChI=1S/C19H19BrN4/c20-14-4-9-18-17(12-14)19(22-13-21-18)23-15-5-7-16(8-6-15)24-10-2-1-3-11-24/h4-9,12-13H,1-3,10-11H2,(H,21,22,23). The Morgan fingerprint density at radius 2 is 1.71 bits per heavy atom. The van der Waals surface area contributed by atoms with Crippen molar-refractivity contribution in [3.05, 3.63) is 53.3 Å². The third-order valence-corrected chi connectivity index (χ3v) is 4.94. The fourth-order valence-corrected chi connectivity index (χ4v) is 3.53. The monoisotopic (exact) mass is 382 g/mol. The second-order valence-electron chi connectivity index (χ2n) is 6.10. The lowest BCUT2D eigenvalue weighted by atomic mass is 10.1. The van der Waals surface area contributed by atoms with E-state index in [0.717, 1.165) is 40.0 Å². The van der Waals surface area contributed by atoms with Gasteiger partial charge in [-0.2, -0.15) is 0 Å². The number of nitrogens with one attached hydrogen (secondary N) is 1. The van der Waals surface area contributed by atoms with Crippen LogP contribution in [0.2, 0.25) is 0 Å². The minimum atomic E-state index is 0.826. The van der Waals surface area contributed by atoms with Crippen molar-refractivity contribution in [2.24, 2.45) is 0 Å². The zero-order valence-electron chi connectivity index (χ0n) is 13.4. The number of piperidine rings is 1. The van der Waals surface area contributed by atoms with Crippen LogP contribution in [0.5, 0.6) is 0 Å². The topological polar surface area (TPSA) is 41.1 Å². The lowest BCUT2D eigenvalue weighted by Crippen LogP contribution is -2.29. The van der Waals surface area contributed by atoms with E-state index in [1.54, 1.807) is 6.33 Å². The third-order valence-electron chi connectivity index (χ3n) is 4.45. The lowest BCUT2D eigenvalue weighted by Gasteiger charge is -2.28. The van der Waals surface area contributed by atoms with Gasteiger partial charge in [0.15, 0.2) is 0 Å². The van der Waals surface area contributed by atoms with Crippen LogP contribution in [0.4, 0.5) is 17.2 Å². The molecule has 0 bridgehead atoms. The molecule has 0 radical (unpaired) electrons. The van der Waals surface area contributed by atoms with Crippen molar-refractivity contribution in [3.8, 4) is 0 Å². The highest BCUT2D eigenvalue weighted by Crippen LogP contribution is 2.27. The zero-order valence-corrected chi connectivity index (χ0v) is 15.0. The number of benzene rings is 2. The van der Waals surface area contributed by atoms with Crippen molar-refractivity contribution in [3.63, 3.8) is 0 Å². The third kappa shape index (κ3) is 3.22. The maximum Gasteiger partial charge on any atom is 0.141 e. The molecular weight excluding hydrogens is 364 g/mol. The normalized spacial score (nSPS) is 14.8. The Morgan fingerprint density at radius 1 is 0.917 bits per heavy atom. The van der Waals surface area contributed by atoms with Gasteiger partial charge in [-0.05, 0) is 61.7 Å². The molecule has 2 heterocycles. The molecule has 3 aromatic rings. The van der Waals surface area contributed by atoms with Crippen LogP contribution in [0.1, 0.15) is 19.3 Å². The van der Waals surface area contributed by atoms with Crippen molar-refractivity contribution in [2.45, 2.75) is 19.3 Å². The van der Waals surface area contributed by atoms with Crippen LogP contribution >= 0.6 is 15.9 Å². The summed E-state index contributed by atoms with van der Waals surface area (Å²) >= 11 is 3.52. The summed E-state index contributed by atoms with van der Waals surface area (Å²) in [7, 11) is 0. The molecular formula is C19H19BrN4. The fourth-order valence-electron chi connectivity index (χ4n) is 3.17. The minimum Gasteiger partial charge on any atom is -0.372 e. The first-order chi connectivity index (χ1) is 11.8. The van der Waals surface area contributed by atoms with Crippen LogP contribution in [-0.2, 0) is 0 Å². The van der Waals surface area contributed by atoms with Crippen LogP contribution in [0.15, 0.2) is 53.3 Å². The van der Waals surface area contributed by atoms with Crippen LogP contribution in [0.25, 0.3) is 10.9 Å². The van der Waals surface area contributed by atoms with Crippen molar-refractivity contribution >= 4 is 44.0 Å². The number of halogens is 1. The summed E-state index contributed by atoms with van der Waals surface area (Å²) < 4.78 is 1.02. The fraction of sp³-hybridized carbons (Fsp3) is 0.263. The predicted molar refractivity (Wildman–Crippen MR) is 103 cm³/mol. The summed E-state index contributed by atoms with van der Waals surface area (Å²) in [5.74, 6) is 0.826. The van der Waals surface area contributed by atoms with E-state index in [9.17, 15) is 0 Å². The van der Waals surface area contributed by atoms with Gasteiger partial charge in [0, 0.05) is 34.3 Å². The van der Waals surface area contributed by atoms with Gasteiger partial charge >= 0.3 is 0 Å². The summed E-state index contributed by atoms with van der Waals surface area (Å²) in [6.45, 7) is 2.33. The van der Waals surface area contributed by atoms with Crippen LogP contribution < -0.4 is 10.2 Å². The van der Waals surface area contributed by atoms with E-state index >= 15 is 0 Å². The summed E-state index contributed by atoms with van der Waals surface area (Å²) in [6.07, 6.45) is 5.54. The number of nitrogens with zero attached hydrogens (tertiary/aromatic N) is 3. The van der Waals surface area contributed by atoms with Crippen molar-refractivity contribution in [1.82, 2.24) is 9.97 Å². The Labute approximate surface area is 150 Å². The van der Waals surface area contributed by atoms with Gasteiger partial charge in [-0.1, -0.05) is 15.9 Å². The molecule has 0 amide bonds. The first-order valence-corrected chi connectivity index (χ1v) is 9.11. The first kappa shape index (κ1) is 15.4. The van der Waals surface area contributed by atoms with Crippen LogP contribution in [0.3, 0.4) is 0 Å². The van der Waals surface area contributed by atoms with Crippen LogP contribution in [0, 0.1) is 0 Å². The van der Waals surface area contributed by atoms with E-state index in [1.165, 1.54) is 24.9 Å². The molecule has 1 fully saturated rings. The molecule has 1 aliphatic heterocycles. The van der Waals surface area contributed by atoms with Gasteiger partial charge in [-0.15, -0.1) is 0 Å². The van der Waals surface area contributed by atoms with E-state index in [-0.39, 0.29) is 0 Å². The lowest BCUT2D eigenvalue weighted by molar-refractivity contribution is 0.578. The average Bonchev–Trinajstić information content (AvgIpc) is 2.64. The van der Waals surface area contributed by atoms with Gasteiger partial charge in [0.2, 0.25) is 0 Å². The van der Waals surface area contributed by atoms with Gasteiger partial charge < -0.3 is 10.2 Å². The molecule has 1 aliphatic rings. The number of aromatic nitrogens is 2. The molecule has 24 heavy (non-hydrogen) atoms. The molecule has 0 saturated carbocycles. The highest BCUT2D eigenvalue weighted by atomic mass is 79.9. The Bertz CT molecular complexity index is 842. The molecule has 0 atom stereocenters. The number of rotatable bonds is 3. The van der Waals surface area contributed by atoms with E-state index in [1.807, 2.05) is 18.2 Å². The van der Waals surface area contributed by atoms with Gasteiger partial charge in [-0.25, -0.2) is 9.97 Å². The van der Waals surface area contributed by atoms with Gasteiger partial charge in [0.1, 0.15) is 12.1 Å². The molecule has 0 unspecified atom stereocenters. The summed E-state index contributed by atoms with van der Waals surface area (Å²) in [6, 6.07) is 14.6. The molecule has 5 heteroatoms. The van der Waals surface area contributed by atoms with E-state index in [2.05, 4.69) is 60.4 Å². The molecule has 4 rings (SSSR count). The largest absolute Gasteiger partial charge is 0.372 e. The molecule has 1 N–H and O–H groups in total. The van der Waals surface area contributed by atoms with Crippen LogP contribution in [-0.4, -0.2) is 23.1 Å². The Balaban J connectivity index is 1.58. The van der Waals surface area contributed by atoms with Crippen molar-refractivity contribution in [1.29, 1.82) is 0 Å². The van der Waals surface area contributed by atoms with Gasteiger partial charge in [-0.3, -0.25) is 0 Å². The SMILES string of the molecule is Brc1ccc2ncnc(Nc3ccc(N4CCCCC4)cc3)c2c1. The molecule has 2 aromatic carbocycles. The minimum absolute atomic E-state index is 0.826. The smallest absolute Gasteiger partial charge is 0.141 e. The molecule has 0 spiro atoms. The Kier molecular flexibility index (Phi) is 4.34. The van der Waals surface area contributed by atoms with E-state index in [4.69, 9.17) is 0 Å². The quantitative estimate of drug-likeness (QED) is 0.681. The molecule has 1 aromatic heterocycles. The Morgan fingerprint density at radius 3 is 2.50 bits per heavy atom. The molecule has 4 nitrogen and oxygen atoms in total. The maximum atomic E-state index is 4.40. The zero-order chi connectivity index (χ0) is 16.4. The average molecular weight is 383 g/mol. The maximum absolute atomic E-state index is 4.40. The highest BCUT2D eigenvalue weighted by Gasteiger charge is 2.11. The number of anilines is 3. The van der Waals surface area contributed by atoms with Gasteiger partial charge in [0.05, 0.1) is 5.52 Å². The summed E-state index contributed by atoms with van der Waals surface area (Å²) in [4.78, 5) is 11.2. The van der Waals surface area contributed by atoms with Crippen molar-refractivity contribution in [2.75, 3.05) is 23.3 Å². The predicted octanol–water partition coefficient (Wildman–Crippen LogP) is 5.13. The van der Waals surface area contributed by atoms with E-state index < -0.39 is 0 Å². The second kappa shape index (κ2) is 6.77. The summed E-state index contributed by atoms with van der Waals surface area (Å²) in [5.41, 5.74) is 3.27. The molecule has 0 aliphatic carbocycles. The molecule has 122 valence electrons. The van der Waals surface area contributed by atoms with Crippen molar-refractivity contribution < 1.29 is 0 Å².